The molecule has 0 radical (unpaired) electrons. The van der Waals surface area contributed by atoms with Gasteiger partial charge in [-0.25, -0.2) is 4.79 Å². The van der Waals surface area contributed by atoms with Crippen molar-refractivity contribution in [2.45, 2.75) is 31.4 Å². The lowest BCUT2D eigenvalue weighted by atomic mass is 10.2. The molecule has 0 amide bonds. The number of carbonyl (C=O) groups is 1. The summed E-state index contributed by atoms with van der Waals surface area (Å²) in [5.41, 5.74) is 6.11. The first kappa shape index (κ1) is 12.7. The Labute approximate surface area is 106 Å². The van der Waals surface area contributed by atoms with E-state index in [-0.39, 0.29) is 17.7 Å². The Morgan fingerprint density at radius 3 is 2.72 bits per heavy atom. The summed E-state index contributed by atoms with van der Waals surface area (Å²) in [7, 11) is 1.53. The second kappa shape index (κ2) is 5.27. The average molecular weight is 251 g/mol. The van der Waals surface area contributed by atoms with E-state index in [1.807, 2.05) is 0 Å². The van der Waals surface area contributed by atoms with Crippen LogP contribution in [0.15, 0.2) is 18.2 Å². The van der Waals surface area contributed by atoms with Gasteiger partial charge in [-0.3, -0.25) is 0 Å². The molecule has 1 aliphatic rings. The number of benzene rings is 1. The second-order valence-corrected chi connectivity index (χ2v) is 4.42. The Morgan fingerprint density at radius 2 is 2.17 bits per heavy atom. The fraction of sp³-hybridized carbons (Fsp3) is 0.462. The van der Waals surface area contributed by atoms with E-state index in [1.165, 1.54) is 19.2 Å². The Hall–Kier alpha value is -1.75. The number of ether oxygens (including phenoxy) is 2. The van der Waals surface area contributed by atoms with Gasteiger partial charge in [0.25, 0.3) is 0 Å². The van der Waals surface area contributed by atoms with Gasteiger partial charge in [-0.2, -0.15) is 0 Å². The molecule has 3 N–H and O–H groups in total. The van der Waals surface area contributed by atoms with E-state index in [9.17, 15) is 4.79 Å². The maximum absolute atomic E-state index is 10.9. The molecule has 0 heterocycles. The van der Waals surface area contributed by atoms with E-state index >= 15 is 0 Å². The number of rotatable bonds is 4. The average Bonchev–Trinajstić information content (AvgIpc) is 2.75. The van der Waals surface area contributed by atoms with Crippen molar-refractivity contribution in [3.63, 3.8) is 0 Å². The number of hydrogen-bond donors (Lipinski definition) is 2. The van der Waals surface area contributed by atoms with Crippen molar-refractivity contribution in [2.75, 3.05) is 7.11 Å². The van der Waals surface area contributed by atoms with Crippen molar-refractivity contribution < 1.29 is 19.4 Å². The van der Waals surface area contributed by atoms with Crippen LogP contribution in [0.2, 0.25) is 0 Å². The van der Waals surface area contributed by atoms with Crippen LogP contribution in [0.3, 0.4) is 0 Å². The SMILES string of the molecule is COc1ccc(C(=O)O)cc1OC1CCCC1N. The van der Waals surface area contributed by atoms with Gasteiger partial charge >= 0.3 is 5.97 Å². The van der Waals surface area contributed by atoms with E-state index < -0.39 is 5.97 Å². The summed E-state index contributed by atoms with van der Waals surface area (Å²) in [6, 6.07) is 4.57. The lowest BCUT2D eigenvalue weighted by Crippen LogP contribution is -2.33. The van der Waals surface area contributed by atoms with Gasteiger partial charge in [-0.1, -0.05) is 0 Å². The summed E-state index contributed by atoms with van der Waals surface area (Å²) in [5, 5.41) is 8.96. The van der Waals surface area contributed by atoms with Crippen LogP contribution < -0.4 is 15.2 Å². The maximum atomic E-state index is 10.9. The van der Waals surface area contributed by atoms with Crippen molar-refractivity contribution in [1.82, 2.24) is 0 Å². The zero-order chi connectivity index (χ0) is 13.1. The summed E-state index contributed by atoms with van der Waals surface area (Å²) in [5.74, 6) is -0.0166. The summed E-state index contributed by atoms with van der Waals surface area (Å²) in [4.78, 5) is 10.9. The Morgan fingerprint density at radius 1 is 1.39 bits per heavy atom. The van der Waals surface area contributed by atoms with E-state index in [1.54, 1.807) is 6.07 Å². The van der Waals surface area contributed by atoms with E-state index in [0.717, 1.165) is 19.3 Å². The normalized spacial score (nSPS) is 22.8. The summed E-state index contributed by atoms with van der Waals surface area (Å²) < 4.78 is 11.0. The first-order chi connectivity index (χ1) is 8.61. The minimum atomic E-state index is -0.988. The van der Waals surface area contributed by atoms with Gasteiger partial charge in [0.15, 0.2) is 11.5 Å². The Kier molecular flexibility index (Phi) is 3.72. The third kappa shape index (κ3) is 2.56. The van der Waals surface area contributed by atoms with Crippen molar-refractivity contribution >= 4 is 5.97 Å². The number of aromatic carboxylic acids is 1. The van der Waals surface area contributed by atoms with Crippen molar-refractivity contribution in [3.05, 3.63) is 23.8 Å². The molecule has 1 saturated carbocycles. The van der Waals surface area contributed by atoms with Crippen molar-refractivity contribution in [1.29, 1.82) is 0 Å². The molecule has 98 valence electrons. The lowest BCUT2D eigenvalue weighted by Gasteiger charge is -2.19. The second-order valence-electron chi connectivity index (χ2n) is 4.42. The number of carboxylic acid groups (broad SMARTS) is 1. The molecule has 1 fully saturated rings. The first-order valence-electron chi connectivity index (χ1n) is 5.95. The van der Waals surface area contributed by atoms with Crippen LogP contribution in [-0.4, -0.2) is 30.3 Å². The minimum Gasteiger partial charge on any atom is -0.493 e. The monoisotopic (exact) mass is 251 g/mol. The van der Waals surface area contributed by atoms with Crippen LogP contribution in [-0.2, 0) is 0 Å². The van der Waals surface area contributed by atoms with Gasteiger partial charge in [0, 0.05) is 6.04 Å². The zero-order valence-electron chi connectivity index (χ0n) is 10.3. The fourth-order valence-corrected chi connectivity index (χ4v) is 2.17. The molecule has 0 saturated heterocycles. The molecule has 0 bridgehead atoms. The van der Waals surface area contributed by atoms with Crippen LogP contribution >= 0.6 is 0 Å². The Balaban J connectivity index is 2.23. The van der Waals surface area contributed by atoms with E-state index in [0.29, 0.717) is 11.5 Å². The number of carboxylic acids is 1. The molecular weight excluding hydrogens is 234 g/mol. The number of methoxy groups -OCH3 is 1. The van der Waals surface area contributed by atoms with Gasteiger partial charge in [0.2, 0.25) is 0 Å². The molecule has 5 heteroatoms. The van der Waals surface area contributed by atoms with E-state index in [2.05, 4.69) is 0 Å². The standard InChI is InChI=1S/C13H17NO4/c1-17-11-6-5-8(13(15)16)7-12(11)18-10-4-2-3-9(10)14/h5-7,9-10H,2-4,14H2,1H3,(H,15,16). The molecule has 5 nitrogen and oxygen atoms in total. The predicted octanol–water partition coefficient (Wildman–Crippen LogP) is 1.65. The quantitative estimate of drug-likeness (QED) is 0.850. The zero-order valence-corrected chi connectivity index (χ0v) is 10.3. The molecule has 2 rings (SSSR count). The highest BCUT2D eigenvalue weighted by molar-refractivity contribution is 5.88. The van der Waals surface area contributed by atoms with Crippen LogP contribution in [0.5, 0.6) is 11.5 Å². The summed E-state index contributed by atoms with van der Waals surface area (Å²) in [6.45, 7) is 0. The van der Waals surface area contributed by atoms with Crippen LogP contribution in [0, 0.1) is 0 Å². The number of hydrogen-bond acceptors (Lipinski definition) is 4. The molecule has 18 heavy (non-hydrogen) atoms. The highest BCUT2D eigenvalue weighted by Crippen LogP contribution is 2.32. The highest BCUT2D eigenvalue weighted by atomic mass is 16.5. The lowest BCUT2D eigenvalue weighted by molar-refractivity contribution is 0.0696. The van der Waals surface area contributed by atoms with Gasteiger partial charge in [0.05, 0.1) is 12.7 Å². The number of nitrogens with two attached hydrogens (primary N) is 1. The van der Waals surface area contributed by atoms with E-state index in [4.69, 9.17) is 20.3 Å². The molecule has 1 aliphatic carbocycles. The molecule has 2 atom stereocenters. The van der Waals surface area contributed by atoms with Crippen molar-refractivity contribution in [2.24, 2.45) is 5.73 Å². The summed E-state index contributed by atoms with van der Waals surface area (Å²) >= 11 is 0. The topological polar surface area (TPSA) is 81.8 Å². The molecular formula is C13H17NO4. The summed E-state index contributed by atoms with van der Waals surface area (Å²) in [6.07, 6.45) is 2.79. The smallest absolute Gasteiger partial charge is 0.335 e. The van der Waals surface area contributed by atoms with Gasteiger partial charge in [-0.05, 0) is 37.5 Å². The molecule has 0 aliphatic heterocycles. The third-order valence-electron chi connectivity index (χ3n) is 3.19. The Bertz CT molecular complexity index is 447. The molecule has 0 aromatic heterocycles. The highest BCUT2D eigenvalue weighted by Gasteiger charge is 2.26. The third-order valence-corrected chi connectivity index (χ3v) is 3.19. The molecule has 1 aromatic rings. The van der Waals surface area contributed by atoms with Crippen LogP contribution in [0.25, 0.3) is 0 Å². The van der Waals surface area contributed by atoms with Gasteiger partial charge in [-0.15, -0.1) is 0 Å². The fourth-order valence-electron chi connectivity index (χ4n) is 2.17. The molecule has 0 spiro atoms. The van der Waals surface area contributed by atoms with Crippen molar-refractivity contribution in [3.8, 4) is 11.5 Å². The van der Waals surface area contributed by atoms with Gasteiger partial charge in [0.1, 0.15) is 6.10 Å². The molecule has 1 aromatic carbocycles. The first-order valence-corrected chi connectivity index (χ1v) is 5.95. The largest absolute Gasteiger partial charge is 0.493 e. The van der Waals surface area contributed by atoms with Crippen LogP contribution in [0.1, 0.15) is 29.6 Å². The van der Waals surface area contributed by atoms with Gasteiger partial charge < -0.3 is 20.3 Å². The minimum absolute atomic E-state index is 0.00295. The predicted molar refractivity (Wildman–Crippen MR) is 66.2 cm³/mol. The molecule has 2 unspecified atom stereocenters. The van der Waals surface area contributed by atoms with Crippen LogP contribution in [0.4, 0.5) is 0 Å². The maximum Gasteiger partial charge on any atom is 0.335 e.